The second kappa shape index (κ2) is 11.3. The Bertz CT molecular complexity index is 732. The Kier molecular flexibility index (Phi) is 9.13. The fourth-order valence-electron chi connectivity index (χ4n) is 3.18. The second-order valence-corrected chi connectivity index (χ2v) is 6.80. The number of nitrogens with one attached hydrogen (secondary N) is 2. The lowest BCUT2D eigenvalue weighted by atomic mass is 9.84. The van der Waals surface area contributed by atoms with E-state index >= 15 is 0 Å². The van der Waals surface area contributed by atoms with Crippen LogP contribution >= 0.6 is 24.0 Å². The smallest absolute Gasteiger partial charge is 0.191 e. The van der Waals surface area contributed by atoms with Crippen LogP contribution < -0.4 is 10.6 Å². The lowest BCUT2D eigenvalue weighted by Gasteiger charge is -2.27. The predicted octanol–water partition coefficient (Wildman–Crippen LogP) is 1.73. The van der Waals surface area contributed by atoms with Crippen molar-refractivity contribution in [1.29, 1.82) is 0 Å². The number of nitrogens with zero attached hydrogens (tertiary/aromatic N) is 4. The monoisotopic (exact) mass is 500 g/mol. The SMILES string of the molecule is CCNC(=NCc1ccnc(-n2cccn2)c1)NCC1(CCO)CCOC1.I. The topological polar surface area (TPSA) is 96.6 Å². The number of aliphatic imine (C=N–C) groups is 1. The van der Waals surface area contributed by atoms with Crippen LogP contribution in [0.15, 0.2) is 41.8 Å². The van der Waals surface area contributed by atoms with Crippen LogP contribution in [0.5, 0.6) is 0 Å². The van der Waals surface area contributed by atoms with E-state index in [1.807, 2.05) is 31.3 Å². The molecule has 3 heterocycles. The molecule has 2 aromatic heterocycles. The molecule has 2 aromatic rings. The predicted molar refractivity (Wildman–Crippen MR) is 119 cm³/mol. The van der Waals surface area contributed by atoms with Gasteiger partial charge >= 0.3 is 0 Å². The molecule has 1 aliphatic rings. The van der Waals surface area contributed by atoms with Gasteiger partial charge in [-0.2, -0.15) is 5.10 Å². The van der Waals surface area contributed by atoms with Gasteiger partial charge in [-0.05, 0) is 43.5 Å². The van der Waals surface area contributed by atoms with E-state index in [2.05, 4.69) is 20.7 Å². The highest BCUT2D eigenvalue weighted by molar-refractivity contribution is 14.0. The highest BCUT2D eigenvalue weighted by Gasteiger charge is 2.34. The lowest BCUT2D eigenvalue weighted by molar-refractivity contribution is 0.127. The van der Waals surface area contributed by atoms with Crippen molar-refractivity contribution in [3.8, 4) is 5.82 Å². The number of hydrogen-bond donors (Lipinski definition) is 3. The van der Waals surface area contributed by atoms with Crippen molar-refractivity contribution in [3.63, 3.8) is 0 Å². The Morgan fingerprint density at radius 1 is 1.39 bits per heavy atom. The first-order valence-electron chi connectivity index (χ1n) is 9.40. The molecular weight excluding hydrogens is 471 g/mol. The van der Waals surface area contributed by atoms with Gasteiger partial charge in [0.25, 0.3) is 0 Å². The third-order valence-corrected chi connectivity index (χ3v) is 4.77. The number of aliphatic hydroxyl groups is 1. The number of rotatable bonds is 8. The summed E-state index contributed by atoms with van der Waals surface area (Å²) in [6.45, 7) is 5.70. The molecule has 0 amide bonds. The van der Waals surface area contributed by atoms with Crippen LogP contribution in [0, 0.1) is 5.41 Å². The molecule has 3 rings (SSSR count). The molecule has 9 heteroatoms. The number of pyridine rings is 1. The summed E-state index contributed by atoms with van der Waals surface area (Å²) in [5.74, 6) is 1.54. The average Bonchev–Trinajstić information content (AvgIpc) is 3.37. The highest BCUT2D eigenvalue weighted by Crippen LogP contribution is 2.31. The minimum atomic E-state index is -0.0190. The number of hydrogen-bond acceptors (Lipinski definition) is 5. The zero-order chi connectivity index (χ0) is 19.0. The van der Waals surface area contributed by atoms with Gasteiger partial charge in [-0.15, -0.1) is 24.0 Å². The molecule has 28 heavy (non-hydrogen) atoms. The summed E-state index contributed by atoms with van der Waals surface area (Å²) < 4.78 is 7.29. The van der Waals surface area contributed by atoms with Gasteiger partial charge in [-0.25, -0.2) is 14.7 Å². The molecule has 3 N–H and O–H groups in total. The molecule has 1 saturated heterocycles. The zero-order valence-corrected chi connectivity index (χ0v) is 18.5. The van der Waals surface area contributed by atoms with Gasteiger partial charge in [-0.1, -0.05) is 0 Å². The van der Waals surface area contributed by atoms with Gasteiger partial charge in [-0.3, -0.25) is 0 Å². The number of halogens is 1. The van der Waals surface area contributed by atoms with E-state index < -0.39 is 0 Å². The molecule has 8 nitrogen and oxygen atoms in total. The molecule has 154 valence electrons. The second-order valence-electron chi connectivity index (χ2n) is 6.80. The average molecular weight is 500 g/mol. The number of aliphatic hydroxyl groups excluding tert-OH is 1. The summed E-state index contributed by atoms with van der Waals surface area (Å²) in [6.07, 6.45) is 7.06. The maximum atomic E-state index is 9.37. The Labute approximate surface area is 182 Å². The van der Waals surface area contributed by atoms with Crippen molar-refractivity contribution in [2.45, 2.75) is 26.3 Å². The van der Waals surface area contributed by atoms with Crippen LogP contribution in [0.4, 0.5) is 0 Å². The fraction of sp³-hybridized carbons (Fsp3) is 0.526. The van der Waals surface area contributed by atoms with Crippen molar-refractivity contribution in [3.05, 3.63) is 42.4 Å². The Morgan fingerprint density at radius 2 is 2.29 bits per heavy atom. The van der Waals surface area contributed by atoms with E-state index in [-0.39, 0.29) is 36.0 Å². The van der Waals surface area contributed by atoms with Crippen LogP contribution in [0.2, 0.25) is 0 Å². The van der Waals surface area contributed by atoms with E-state index in [1.165, 1.54) is 0 Å². The van der Waals surface area contributed by atoms with Gasteiger partial charge < -0.3 is 20.5 Å². The van der Waals surface area contributed by atoms with Crippen molar-refractivity contribution in [2.24, 2.45) is 10.4 Å². The molecule has 0 spiro atoms. The lowest BCUT2D eigenvalue weighted by Crippen LogP contribution is -2.44. The Hall–Kier alpha value is -1.72. The van der Waals surface area contributed by atoms with Crippen LogP contribution in [0.3, 0.4) is 0 Å². The van der Waals surface area contributed by atoms with Gasteiger partial charge in [0.05, 0.1) is 13.2 Å². The van der Waals surface area contributed by atoms with E-state index in [0.717, 1.165) is 49.9 Å². The highest BCUT2D eigenvalue weighted by atomic mass is 127. The summed E-state index contributed by atoms with van der Waals surface area (Å²) in [5.41, 5.74) is 1.04. The van der Waals surface area contributed by atoms with Crippen molar-refractivity contribution >= 4 is 29.9 Å². The summed E-state index contributed by atoms with van der Waals surface area (Å²) in [6, 6.07) is 5.81. The first-order valence-corrected chi connectivity index (χ1v) is 9.40. The normalized spacial score (nSPS) is 19.3. The van der Waals surface area contributed by atoms with Crippen LogP contribution in [0.1, 0.15) is 25.3 Å². The van der Waals surface area contributed by atoms with Crippen LogP contribution in [-0.2, 0) is 11.3 Å². The third-order valence-electron chi connectivity index (χ3n) is 4.77. The first-order chi connectivity index (χ1) is 13.2. The molecule has 1 atom stereocenters. The minimum absolute atomic E-state index is 0. The molecule has 0 bridgehead atoms. The molecule has 1 fully saturated rings. The Morgan fingerprint density at radius 3 is 2.96 bits per heavy atom. The largest absolute Gasteiger partial charge is 0.396 e. The summed E-state index contributed by atoms with van der Waals surface area (Å²) >= 11 is 0. The van der Waals surface area contributed by atoms with Gasteiger partial charge in [0.2, 0.25) is 0 Å². The molecule has 1 aliphatic heterocycles. The maximum absolute atomic E-state index is 9.37. The van der Waals surface area contributed by atoms with Crippen molar-refractivity contribution < 1.29 is 9.84 Å². The zero-order valence-electron chi connectivity index (χ0n) is 16.2. The number of aromatic nitrogens is 3. The standard InChI is InChI=1S/C19H28N6O2.HI/c1-2-20-18(23-14-19(5-10-26)6-11-27-15-19)22-13-16-4-8-21-17(12-16)25-9-3-7-24-25;/h3-4,7-9,12,26H,2,5-6,10-11,13-15H2,1H3,(H2,20,22,23);1H. The molecule has 0 aliphatic carbocycles. The van der Waals surface area contributed by atoms with E-state index in [4.69, 9.17) is 9.73 Å². The molecular formula is C19H29IN6O2. The quantitative estimate of drug-likeness (QED) is 0.290. The van der Waals surface area contributed by atoms with Crippen LogP contribution in [0.25, 0.3) is 5.82 Å². The molecule has 0 aromatic carbocycles. The van der Waals surface area contributed by atoms with Crippen LogP contribution in [-0.4, -0.2) is 58.7 Å². The van der Waals surface area contributed by atoms with Crippen molar-refractivity contribution in [2.75, 3.05) is 32.9 Å². The van der Waals surface area contributed by atoms with E-state index in [9.17, 15) is 5.11 Å². The maximum Gasteiger partial charge on any atom is 0.191 e. The molecule has 0 saturated carbocycles. The summed E-state index contributed by atoms with van der Waals surface area (Å²) in [7, 11) is 0. The van der Waals surface area contributed by atoms with Gasteiger partial charge in [0.1, 0.15) is 0 Å². The van der Waals surface area contributed by atoms with Gasteiger partial charge in [0, 0.05) is 50.3 Å². The van der Waals surface area contributed by atoms with Gasteiger partial charge in [0.15, 0.2) is 11.8 Å². The first kappa shape index (κ1) is 22.6. The number of guanidine groups is 1. The molecule has 0 radical (unpaired) electrons. The number of ether oxygens (including phenoxy) is 1. The van der Waals surface area contributed by atoms with Crippen molar-refractivity contribution in [1.82, 2.24) is 25.4 Å². The van der Waals surface area contributed by atoms with E-state index in [1.54, 1.807) is 17.1 Å². The summed E-state index contributed by atoms with van der Waals surface area (Å²) in [4.78, 5) is 9.04. The Balaban J connectivity index is 0.00000280. The summed E-state index contributed by atoms with van der Waals surface area (Å²) in [5, 5.41) is 20.3. The molecule has 1 unspecified atom stereocenters. The minimum Gasteiger partial charge on any atom is -0.396 e. The fourth-order valence-corrected chi connectivity index (χ4v) is 3.18. The van der Waals surface area contributed by atoms with E-state index in [0.29, 0.717) is 13.2 Å². The third kappa shape index (κ3) is 6.14.